The van der Waals surface area contributed by atoms with Gasteiger partial charge < -0.3 is 30.0 Å². The lowest BCUT2D eigenvalue weighted by Gasteiger charge is -2.32. The molecule has 2 N–H and O–H groups in total. The van der Waals surface area contributed by atoms with E-state index in [9.17, 15) is 19.9 Å². The molecule has 1 aromatic heterocycles. The molecule has 2 aromatic rings. The summed E-state index contributed by atoms with van der Waals surface area (Å²) in [6.45, 7) is 1.35. The van der Waals surface area contributed by atoms with Crippen LogP contribution >= 0.6 is 0 Å². The van der Waals surface area contributed by atoms with Gasteiger partial charge in [0.1, 0.15) is 12.4 Å². The van der Waals surface area contributed by atoms with Gasteiger partial charge in [-0.1, -0.05) is 0 Å². The van der Waals surface area contributed by atoms with E-state index in [-0.39, 0.29) is 30.9 Å². The number of pyridine rings is 1. The minimum Gasteiger partial charge on any atom is -0.619 e. The second kappa shape index (κ2) is 9.05. The molecule has 28 heavy (non-hydrogen) atoms. The molecule has 9 heteroatoms. The Morgan fingerprint density at radius 2 is 1.96 bits per heavy atom. The Morgan fingerprint density at radius 3 is 2.68 bits per heavy atom. The van der Waals surface area contributed by atoms with Gasteiger partial charge in [0.05, 0.1) is 19.3 Å². The van der Waals surface area contributed by atoms with E-state index in [2.05, 4.69) is 5.32 Å². The van der Waals surface area contributed by atoms with Crippen molar-refractivity contribution in [1.29, 1.82) is 0 Å². The summed E-state index contributed by atoms with van der Waals surface area (Å²) in [6, 6.07) is 9.09. The molecule has 2 amide bonds. The third kappa shape index (κ3) is 5.34. The molecule has 0 radical (unpaired) electrons. The normalized spacial score (nSPS) is 16.4. The molecule has 3 rings (SSSR count). The SMILES string of the molecule is O=C(NCC1CN(C(=O)OCc2cc[n+]([O-])cc2)CCO1)c1ccc(O)cc1. The van der Waals surface area contributed by atoms with Crippen LogP contribution in [0.4, 0.5) is 4.79 Å². The van der Waals surface area contributed by atoms with Crippen molar-refractivity contribution in [3.63, 3.8) is 0 Å². The van der Waals surface area contributed by atoms with Crippen LogP contribution in [0.25, 0.3) is 0 Å². The summed E-state index contributed by atoms with van der Waals surface area (Å²) < 4.78 is 11.5. The lowest BCUT2D eigenvalue weighted by molar-refractivity contribution is -0.605. The molecule has 1 aliphatic heterocycles. The molecular formula is C19H21N3O6. The zero-order valence-corrected chi connectivity index (χ0v) is 15.1. The summed E-state index contributed by atoms with van der Waals surface area (Å²) in [6.07, 6.45) is 1.85. The number of rotatable bonds is 5. The molecule has 0 spiro atoms. The van der Waals surface area contributed by atoms with Crippen LogP contribution in [-0.2, 0) is 16.1 Å². The van der Waals surface area contributed by atoms with E-state index in [0.29, 0.717) is 35.6 Å². The van der Waals surface area contributed by atoms with Crippen molar-refractivity contribution in [3.05, 3.63) is 65.1 Å². The summed E-state index contributed by atoms with van der Waals surface area (Å²) in [5.74, 6) is -0.202. The van der Waals surface area contributed by atoms with Gasteiger partial charge in [-0.25, -0.2) is 4.79 Å². The number of carbonyl (C=O) groups excluding carboxylic acids is 2. The Kier molecular flexibility index (Phi) is 6.28. The second-order valence-electron chi connectivity index (χ2n) is 6.32. The Bertz CT molecular complexity index is 809. The highest BCUT2D eigenvalue weighted by Crippen LogP contribution is 2.11. The molecule has 0 aliphatic carbocycles. The molecule has 1 aromatic carbocycles. The Hall–Kier alpha value is -3.33. The standard InChI is InChI=1S/C19H21N3O6/c23-16-3-1-15(2-4-16)18(24)20-11-17-12-21(9-10-27-17)19(25)28-13-14-5-7-22(26)8-6-14/h1-8,17,23H,9-13H2,(H,20,24). The van der Waals surface area contributed by atoms with E-state index in [4.69, 9.17) is 9.47 Å². The van der Waals surface area contributed by atoms with Crippen molar-refractivity contribution >= 4 is 12.0 Å². The number of morpholine rings is 1. The lowest BCUT2D eigenvalue weighted by atomic mass is 10.2. The van der Waals surface area contributed by atoms with Gasteiger partial charge in [0, 0.05) is 36.3 Å². The third-order valence-electron chi connectivity index (χ3n) is 4.25. The predicted octanol–water partition coefficient (Wildman–Crippen LogP) is 0.793. The van der Waals surface area contributed by atoms with Crippen molar-refractivity contribution in [2.75, 3.05) is 26.2 Å². The van der Waals surface area contributed by atoms with E-state index < -0.39 is 6.09 Å². The van der Waals surface area contributed by atoms with Gasteiger partial charge in [0.25, 0.3) is 5.91 Å². The van der Waals surface area contributed by atoms with Gasteiger partial charge in [-0.3, -0.25) is 4.79 Å². The predicted molar refractivity (Wildman–Crippen MR) is 97.3 cm³/mol. The summed E-state index contributed by atoms with van der Waals surface area (Å²) in [5.41, 5.74) is 1.14. The Balaban J connectivity index is 1.45. The molecular weight excluding hydrogens is 366 g/mol. The molecule has 148 valence electrons. The highest BCUT2D eigenvalue weighted by molar-refractivity contribution is 5.94. The number of benzene rings is 1. The van der Waals surface area contributed by atoms with E-state index >= 15 is 0 Å². The molecule has 1 saturated heterocycles. The van der Waals surface area contributed by atoms with Crippen LogP contribution in [0, 0.1) is 5.21 Å². The van der Waals surface area contributed by atoms with E-state index in [1.54, 1.807) is 12.1 Å². The van der Waals surface area contributed by atoms with E-state index in [0.717, 1.165) is 0 Å². The first-order valence-corrected chi connectivity index (χ1v) is 8.79. The van der Waals surface area contributed by atoms with Gasteiger partial charge in [-0.05, 0) is 24.3 Å². The molecule has 0 bridgehead atoms. The monoisotopic (exact) mass is 387 g/mol. The quantitative estimate of drug-likeness (QED) is 0.579. The average Bonchev–Trinajstić information content (AvgIpc) is 2.72. The number of nitrogens with zero attached hydrogens (tertiary/aromatic N) is 2. The Morgan fingerprint density at radius 1 is 1.25 bits per heavy atom. The zero-order valence-electron chi connectivity index (χ0n) is 15.1. The van der Waals surface area contributed by atoms with Crippen molar-refractivity contribution in [2.45, 2.75) is 12.7 Å². The maximum atomic E-state index is 12.2. The molecule has 1 aliphatic rings. The number of hydrogen-bond donors (Lipinski definition) is 2. The van der Waals surface area contributed by atoms with Crippen LogP contribution in [-0.4, -0.2) is 54.4 Å². The third-order valence-corrected chi connectivity index (χ3v) is 4.25. The number of phenolic OH excluding ortho intramolecular Hbond substituents is 1. The van der Waals surface area contributed by atoms with Gasteiger partial charge in [-0.2, -0.15) is 4.73 Å². The number of hydrogen-bond acceptors (Lipinski definition) is 6. The van der Waals surface area contributed by atoms with Crippen molar-refractivity contribution in [2.24, 2.45) is 0 Å². The van der Waals surface area contributed by atoms with Crippen LogP contribution in [0.2, 0.25) is 0 Å². The molecule has 0 saturated carbocycles. The van der Waals surface area contributed by atoms with Crippen molar-refractivity contribution in [3.8, 4) is 5.75 Å². The van der Waals surface area contributed by atoms with Crippen LogP contribution in [0.5, 0.6) is 5.75 Å². The first-order chi connectivity index (χ1) is 13.5. The largest absolute Gasteiger partial charge is 0.619 e. The fraction of sp³-hybridized carbons (Fsp3) is 0.316. The number of aromatic hydroxyl groups is 1. The second-order valence-corrected chi connectivity index (χ2v) is 6.32. The number of amides is 2. The van der Waals surface area contributed by atoms with Crippen LogP contribution in [0.3, 0.4) is 0 Å². The number of phenols is 1. The van der Waals surface area contributed by atoms with Gasteiger partial charge in [0.15, 0.2) is 12.4 Å². The van der Waals surface area contributed by atoms with Crippen LogP contribution < -0.4 is 10.0 Å². The average molecular weight is 387 g/mol. The summed E-state index contributed by atoms with van der Waals surface area (Å²) >= 11 is 0. The van der Waals surface area contributed by atoms with Crippen molar-refractivity contribution < 1.29 is 28.9 Å². The smallest absolute Gasteiger partial charge is 0.410 e. The van der Waals surface area contributed by atoms with E-state index in [1.165, 1.54) is 41.6 Å². The van der Waals surface area contributed by atoms with Gasteiger partial charge in [0.2, 0.25) is 0 Å². The molecule has 2 heterocycles. The maximum absolute atomic E-state index is 12.2. The number of aromatic nitrogens is 1. The van der Waals surface area contributed by atoms with Gasteiger partial charge >= 0.3 is 6.09 Å². The zero-order chi connectivity index (χ0) is 19.9. The summed E-state index contributed by atoms with van der Waals surface area (Å²) in [5, 5.41) is 23.0. The van der Waals surface area contributed by atoms with E-state index in [1.807, 2.05) is 0 Å². The Labute approximate surface area is 161 Å². The topological polar surface area (TPSA) is 115 Å². The molecule has 1 unspecified atom stereocenters. The van der Waals surface area contributed by atoms with Crippen LogP contribution in [0.15, 0.2) is 48.8 Å². The fourth-order valence-corrected chi connectivity index (χ4v) is 2.71. The highest BCUT2D eigenvalue weighted by Gasteiger charge is 2.25. The minimum absolute atomic E-state index is 0.0687. The fourth-order valence-electron chi connectivity index (χ4n) is 2.71. The summed E-state index contributed by atoms with van der Waals surface area (Å²) in [4.78, 5) is 25.9. The first kappa shape index (κ1) is 19.4. The maximum Gasteiger partial charge on any atom is 0.410 e. The number of nitrogens with one attached hydrogen (secondary N) is 1. The molecule has 9 nitrogen and oxygen atoms in total. The number of ether oxygens (including phenoxy) is 2. The highest BCUT2D eigenvalue weighted by atomic mass is 16.6. The minimum atomic E-state index is -0.475. The first-order valence-electron chi connectivity index (χ1n) is 8.79. The number of carbonyl (C=O) groups is 2. The van der Waals surface area contributed by atoms with Gasteiger partial charge in [-0.15, -0.1) is 0 Å². The molecule has 1 atom stereocenters. The summed E-state index contributed by atoms with van der Waals surface area (Å²) in [7, 11) is 0. The van der Waals surface area contributed by atoms with Crippen LogP contribution in [0.1, 0.15) is 15.9 Å². The lowest BCUT2D eigenvalue weighted by Crippen LogP contribution is -2.49. The van der Waals surface area contributed by atoms with Crippen molar-refractivity contribution in [1.82, 2.24) is 10.2 Å². The molecule has 1 fully saturated rings.